The number of guanidine groups is 1. The average molecular weight is 303 g/mol. The smallest absolute Gasteiger partial charge is 0.193 e. The average Bonchev–Trinajstić information content (AvgIpc) is 2.87. The molecular weight excluding hydrogens is 274 g/mol. The second-order valence-corrected chi connectivity index (χ2v) is 6.63. The Morgan fingerprint density at radius 3 is 2.77 bits per heavy atom. The van der Waals surface area contributed by atoms with Gasteiger partial charge in [-0.05, 0) is 36.8 Å². The van der Waals surface area contributed by atoms with Crippen LogP contribution in [0.1, 0.15) is 32.8 Å². The molecule has 1 aliphatic heterocycles. The fourth-order valence-corrected chi connectivity index (χ4v) is 2.91. The number of aliphatic imine (C=N–C) groups is 1. The van der Waals surface area contributed by atoms with Gasteiger partial charge < -0.3 is 15.0 Å². The van der Waals surface area contributed by atoms with Gasteiger partial charge in [-0.2, -0.15) is 0 Å². The van der Waals surface area contributed by atoms with Gasteiger partial charge in [0.15, 0.2) is 5.96 Å². The lowest BCUT2D eigenvalue weighted by atomic mass is 9.93. The number of para-hydroxylation sites is 1. The topological polar surface area (TPSA) is 36.9 Å². The number of ether oxygens (including phenoxy) is 1. The molecule has 4 heteroatoms. The van der Waals surface area contributed by atoms with E-state index in [4.69, 9.17) is 9.73 Å². The number of methoxy groups -OCH3 is 1. The molecule has 2 rings (SSSR count). The van der Waals surface area contributed by atoms with Gasteiger partial charge in [-0.15, -0.1) is 0 Å². The largest absolute Gasteiger partial charge is 0.496 e. The highest BCUT2D eigenvalue weighted by atomic mass is 16.5. The minimum Gasteiger partial charge on any atom is -0.496 e. The maximum atomic E-state index is 5.40. The predicted octanol–water partition coefficient (Wildman–Crippen LogP) is 2.94. The van der Waals surface area contributed by atoms with Crippen LogP contribution in [0.5, 0.6) is 5.75 Å². The van der Waals surface area contributed by atoms with Crippen LogP contribution in [0.3, 0.4) is 0 Å². The lowest BCUT2D eigenvalue weighted by Gasteiger charge is -2.23. The molecule has 1 aliphatic rings. The zero-order chi connectivity index (χ0) is 16.0. The summed E-state index contributed by atoms with van der Waals surface area (Å²) < 4.78 is 5.40. The minimum atomic E-state index is 0.388. The van der Waals surface area contributed by atoms with E-state index in [-0.39, 0.29) is 0 Å². The van der Waals surface area contributed by atoms with E-state index < -0.39 is 0 Å². The molecule has 1 fully saturated rings. The van der Waals surface area contributed by atoms with Gasteiger partial charge in [-0.1, -0.05) is 32.0 Å². The molecule has 1 N–H and O–H groups in total. The highest BCUT2D eigenvalue weighted by Crippen LogP contribution is 2.28. The fraction of sp³-hybridized carbons (Fsp3) is 0.611. The molecule has 1 aromatic rings. The number of nitrogens with zero attached hydrogens (tertiary/aromatic N) is 2. The van der Waals surface area contributed by atoms with Crippen LogP contribution in [0.4, 0.5) is 0 Å². The second-order valence-electron chi connectivity index (χ2n) is 6.63. The summed E-state index contributed by atoms with van der Waals surface area (Å²) in [7, 11) is 1.72. The van der Waals surface area contributed by atoms with Crippen molar-refractivity contribution >= 4 is 5.96 Å². The van der Waals surface area contributed by atoms with Gasteiger partial charge in [0.05, 0.1) is 7.11 Å². The second kappa shape index (κ2) is 7.52. The van der Waals surface area contributed by atoms with Crippen molar-refractivity contribution in [3.05, 3.63) is 29.8 Å². The Kier molecular flexibility index (Phi) is 5.69. The Balaban J connectivity index is 1.99. The third-order valence-electron chi connectivity index (χ3n) is 4.15. The van der Waals surface area contributed by atoms with Crippen molar-refractivity contribution in [1.29, 1.82) is 0 Å². The number of hydrogen-bond donors (Lipinski definition) is 1. The molecule has 22 heavy (non-hydrogen) atoms. The van der Waals surface area contributed by atoms with E-state index in [0.29, 0.717) is 5.41 Å². The highest BCUT2D eigenvalue weighted by molar-refractivity contribution is 5.80. The van der Waals surface area contributed by atoms with Gasteiger partial charge in [0.1, 0.15) is 5.75 Å². The van der Waals surface area contributed by atoms with E-state index in [1.165, 1.54) is 12.0 Å². The minimum absolute atomic E-state index is 0.388. The first kappa shape index (κ1) is 16.7. The zero-order valence-corrected chi connectivity index (χ0v) is 14.4. The third-order valence-corrected chi connectivity index (χ3v) is 4.15. The van der Waals surface area contributed by atoms with Gasteiger partial charge >= 0.3 is 0 Å². The molecule has 0 amide bonds. The van der Waals surface area contributed by atoms with Crippen LogP contribution < -0.4 is 10.1 Å². The number of nitrogens with one attached hydrogen (secondary N) is 1. The zero-order valence-electron chi connectivity index (χ0n) is 14.4. The first-order chi connectivity index (χ1) is 10.6. The summed E-state index contributed by atoms with van der Waals surface area (Å²) >= 11 is 0. The maximum Gasteiger partial charge on any atom is 0.193 e. The van der Waals surface area contributed by atoms with Crippen LogP contribution >= 0.6 is 0 Å². The third kappa shape index (κ3) is 4.39. The molecule has 1 saturated heterocycles. The van der Waals surface area contributed by atoms with Crippen LogP contribution in [0.15, 0.2) is 29.3 Å². The molecule has 0 bridgehead atoms. The molecular formula is C18H29N3O. The Labute approximate surface area is 134 Å². The standard InChI is InChI=1S/C18H29N3O/c1-5-19-17(21-13-11-18(2,3)14-21)20-12-10-15-8-6-7-9-16(15)22-4/h6-9H,5,10-14H2,1-4H3,(H,19,20). The van der Waals surface area contributed by atoms with E-state index in [1.54, 1.807) is 7.11 Å². The van der Waals surface area contributed by atoms with Crippen LogP contribution in [0, 0.1) is 5.41 Å². The van der Waals surface area contributed by atoms with Crippen molar-refractivity contribution in [2.75, 3.05) is 33.3 Å². The lowest BCUT2D eigenvalue weighted by Crippen LogP contribution is -2.40. The Hall–Kier alpha value is -1.71. The molecule has 4 nitrogen and oxygen atoms in total. The number of benzene rings is 1. The number of likely N-dealkylation sites (tertiary alicyclic amines) is 1. The number of hydrogen-bond acceptors (Lipinski definition) is 2. The highest BCUT2D eigenvalue weighted by Gasteiger charge is 2.30. The summed E-state index contributed by atoms with van der Waals surface area (Å²) in [5, 5.41) is 3.42. The SMILES string of the molecule is CCNC(=NCCc1ccccc1OC)N1CCC(C)(C)C1. The molecule has 1 heterocycles. The van der Waals surface area contributed by atoms with Crippen molar-refractivity contribution in [2.24, 2.45) is 10.4 Å². The normalized spacial score (nSPS) is 17.6. The van der Waals surface area contributed by atoms with E-state index in [0.717, 1.165) is 44.3 Å². The summed E-state index contributed by atoms with van der Waals surface area (Å²) in [5.41, 5.74) is 1.60. The summed E-state index contributed by atoms with van der Waals surface area (Å²) in [6.07, 6.45) is 2.13. The van der Waals surface area contributed by atoms with E-state index >= 15 is 0 Å². The van der Waals surface area contributed by atoms with E-state index in [2.05, 4.69) is 43.1 Å². The monoisotopic (exact) mass is 303 g/mol. The first-order valence-electron chi connectivity index (χ1n) is 8.21. The molecule has 0 aliphatic carbocycles. The van der Waals surface area contributed by atoms with E-state index in [1.807, 2.05) is 12.1 Å². The molecule has 1 aromatic carbocycles. The van der Waals surface area contributed by atoms with Gasteiger partial charge in [0, 0.05) is 26.2 Å². The molecule has 0 spiro atoms. The number of rotatable bonds is 5. The maximum absolute atomic E-state index is 5.40. The molecule has 0 radical (unpaired) electrons. The van der Waals surface area contributed by atoms with Crippen molar-refractivity contribution in [3.63, 3.8) is 0 Å². The van der Waals surface area contributed by atoms with E-state index in [9.17, 15) is 0 Å². The molecule has 0 atom stereocenters. The molecule has 0 unspecified atom stereocenters. The van der Waals surface area contributed by atoms with Crippen molar-refractivity contribution in [1.82, 2.24) is 10.2 Å². The van der Waals surface area contributed by atoms with Crippen LogP contribution in [-0.2, 0) is 6.42 Å². The summed E-state index contributed by atoms with van der Waals surface area (Å²) in [4.78, 5) is 7.19. The molecule has 0 saturated carbocycles. The predicted molar refractivity (Wildman–Crippen MR) is 92.6 cm³/mol. The summed E-state index contributed by atoms with van der Waals surface area (Å²) in [6, 6.07) is 8.17. The Morgan fingerprint density at radius 1 is 1.36 bits per heavy atom. The van der Waals surface area contributed by atoms with Crippen LogP contribution in [0.2, 0.25) is 0 Å². The fourth-order valence-electron chi connectivity index (χ4n) is 2.91. The quantitative estimate of drug-likeness (QED) is 0.671. The van der Waals surface area contributed by atoms with Crippen LogP contribution in [-0.4, -0.2) is 44.1 Å². The van der Waals surface area contributed by atoms with Gasteiger partial charge in [-0.25, -0.2) is 0 Å². The Morgan fingerprint density at radius 2 is 2.14 bits per heavy atom. The summed E-state index contributed by atoms with van der Waals surface area (Å²) in [5.74, 6) is 1.99. The molecule has 122 valence electrons. The van der Waals surface area contributed by atoms with Crippen LogP contribution in [0.25, 0.3) is 0 Å². The Bertz CT molecular complexity index is 511. The van der Waals surface area contributed by atoms with Crippen molar-refractivity contribution < 1.29 is 4.74 Å². The summed E-state index contributed by atoms with van der Waals surface area (Å²) in [6.45, 7) is 10.6. The molecule has 0 aromatic heterocycles. The van der Waals surface area contributed by atoms with Crippen molar-refractivity contribution in [2.45, 2.75) is 33.6 Å². The first-order valence-corrected chi connectivity index (χ1v) is 8.21. The van der Waals surface area contributed by atoms with Gasteiger partial charge in [0.2, 0.25) is 0 Å². The van der Waals surface area contributed by atoms with Gasteiger partial charge in [0.25, 0.3) is 0 Å². The lowest BCUT2D eigenvalue weighted by molar-refractivity contribution is 0.370. The van der Waals surface area contributed by atoms with Gasteiger partial charge in [-0.3, -0.25) is 4.99 Å². The van der Waals surface area contributed by atoms with Crippen molar-refractivity contribution in [3.8, 4) is 5.75 Å².